The molecule has 56 heavy (non-hydrogen) atoms. The summed E-state index contributed by atoms with van der Waals surface area (Å²) < 4.78 is 0. The number of carboxylic acid groups (broad SMARTS) is 1. The van der Waals surface area contributed by atoms with E-state index in [0.717, 1.165) is 40.7 Å². The zero-order valence-corrected chi connectivity index (χ0v) is 30.4. The van der Waals surface area contributed by atoms with Gasteiger partial charge in [-0.15, -0.1) is 0 Å². The van der Waals surface area contributed by atoms with Gasteiger partial charge in [0.25, 0.3) is 5.91 Å². The van der Waals surface area contributed by atoms with Gasteiger partial charge in [0.15, 0.2) is 0 Å². The standard InChI is InChI=1S/C25H26N8O.C14H10N6O2/c1-32(15-17-6-4-3-5-7-17)8-9-33(2)25(34)21-11-20-23(30-21)28-16-29-24(20)31-22-10-18-12-26-13-19(18)14-27-22;21-14(22)10-2-9-12(19-10)17-6-18-13(9)20-11-1-7-3-15-4-8(7)5-16-11/h3-7,10-12,14,16H,8-9,13,15H2,1-2H3,(H2,27,28,29,30,31);1-3,5-6H,4H2,(H,21,22)(H2,16,17,18,19,20). The molecule has 2 aliphatic heterocycles. The van der Waals surface area contributed by atoms with Crippen molar-refractivity contribution in [1.29, 1.82) is 0 Å². The molecule has 0 spiro atoms. The number of likely N-dealkylation sites (N-methyl/N-ethyl adjacent to an activating group) is 2. The average molecular weight is 749 g/mol. The van der Waals surface area contributed by atoms with E-state index in [1.54, 1.807) is 23.4 Å². The number of aliphatic imine (C=N–C) groups is 2. The van der Waals surface area contributed by atoms with E-state index in [9.17, 15) is 9.59 Å². The molecule has 17 heteroatoms. The molecule has 0 saturated heterocycles. The molecule has 1 amide bonds. The Kier molecular flexibility index (Phi) is 9.87. The van der Waals surface area contributed by atoms with Gasteiger partial charge in [0.1, 0.15) is 58.6 Å². The number of carboxylic acids is 1. The highest BCUT2D eigenvalue weighted by Crippen LogP contribution is 2.26. The molecule has 2 aliphatic rings. The number of H-pyrrole nitrogens is 2. The van der Waals surface area contributed by atoms with Crippen molar-refractivity contribution in [1.82, 2.24) is 49.7 Å². The Labute approximate surface area is 319 Å². The number of carbonyl (C=O) groups excluding carboxylic acids is 1. The topological polar surface area (TPSA) is 219 Å². The van der Waals surface area contributed by atoms with E-state index in [2.05, 4.69) is 84.6 Å². The lowest BCUT2D eigenvalue weighted by atomic mass is 10.2. The van der Waals surface area contributed by atoms with Crippen molar-refractivity contribution in [3.8, 4) is 0 Å². The molecule has 0 unspecified atom stereocenters. The van der Waals surface area contributed by atoms with E-state index in [-0.39, 0.29) is 11.6 Å². The molecule has 9 rings (SSSR count). The molecule has 0 bridgehead atoms. The van der Waals surface area contributed by atoms with E-state index in [1.165, 1.54) is 24.3 Å². The molecule has 7 aromatic rings. The van der Waals surface area contributed by atoms with Crippen LogP contribution < -0.4 is 10.6 Å². The summed E-state index contributed by atoms with van der Waals surface area (Å²) in [5.74, 6) is 1.23. The molecule has 6 aromatic heterocycles. The molecule has 0 radical (unpaired) electrons. The van der Waals surface area contributed by atoms with Crippen molar-refractivity contribution in [3.63, 3.8) is 0 Å². The molecule has 0 saturated carbocycles. The number of rotatable bonds is 11. The Hall–Kier alpha value is -7.40. The number of aromatic carboxylic acids is 1. The highest BCUT2D eigenvalue weighted by Gasteiger charge is 2.19. The summed E-state index contributed by atoms with van der Waals surface area (Å²) in [5, 5.41) is 16.7. The summed E-state index contributed by atoms with van der Waals surface area (Å²) in [7, 11) is 3.87. The number of fused-ring (bicyclic) bond motifs is 4. The van der Waals surface area contributed by atoms with Crippen molar-refractivity contribution in [3.05, 3.63) is 119 Å². The predicted molar refractivity (Wildman–Crippen MR) is 212 cm³/mol. The molecule has 8 heterocycles. The third-order valence-corrected chi connectivity index (χ3v) is 9.29. The third-order valence-electron chi connectivity index (χ3n) is 9.29. The fourth-order valence-electron chi connectivity index (χ4n) is 6.28. The number of carbonyl (C=O) groups is 2. The maximum Gasteiger partial charge on any atom is 0.352 e. The number of aromatic amines is 2. The number of aromatic nitrogens is 8. The lowest BCUT2D eigenvalue weighted by Gasteiger charge is -2.22. The largest absolute Gasteiger partial charge is 0.477 e. The van der Waals surface area contributed by atoms with Gasteiger partial charge in [-0.2, -0.15) is 0 Å². The number of hydrogen-bond donors (Lipinski definition) is 5. The van der Waals surface area contributed by atoms with Crippen molar-refractivity contribution < 1.29 is 14.7 Å². The fourth-order valence-corrected chi connectivity index (χ4v) is 6.28. The second-order valence-corrected chi connectivity index (χ2v) is 13.3. The number of nitrogens with zero attached hydrogens (tertiary/aromatic N) is 10. The SMILES string of the molecule is CN(CCN(C)C(=O)c1cc2c(Nc3cc4c(cn3)CN=C4)ncnc2[nH]1)Cc1ccccc1.O=C(O)c1cc2c(Nc3cc4c(cn3)CN=C4)ncnc2[nH]1. The van der Waals surface area contributed by atoms with Gasteiger partial charge < -0.3 is 35.5 Å². The van der Waals surface area contributed by atoms with Gasteiger partial charge in [0, 0.05) is 73.8 Å². The number of hydrogen-bond acceptors (Lipinski definition) is 13. The molecule has 0 atom stereocenters. The molecule has 1 aromatic carbocycles. The van der Waals surface area contributed by atoms with E-state index < -0.39 is 5.97 Å². The number of nitrogens with one attached hydrogen (secondary N) is 4. The van der Waals surface area contributed by atoms with Crippen molar-refractivity contribution >= 4 is 69.6 Å². The highest BCUT2D eigenvalue weighted by atomic mass is 16.4. The second kappa shape index (κ2) is 15.5. The molecule has 5 N–H and O–H groups in total. The Morgan fingerprint density at radius 3 is 1.84 bits per heavy atom. The molecular formula is C39H36N14O3. The van der Waals surface area contributed by atoms with Crippen LogP contribution >= 0.6 is 0 Å². The molecule has 0 fully saturated rings. The van der Waals surface area contributed by atoms with Gasteiger partial charge in [0.05, 0.1) is 23.9 Å². The average Bonchev–Trinajstić information content (AvgIpc) is 4.03. The van der Waals surface area contributed by atoms with Gasteiger partial charge in [0.2, 0.25) is 0 Å². The Morgan fingerprint density at radius 2 is 1.27 bits per heavy atom. The smallest absolute Gasteiger partial charge is 0.352 e. The summed E-state index contributed by atoms with van der Waals surface area (Å²) in [6, 6.07) is 17.4. The van der Waals surface area contributed by atoms with Gasteiger partial charge >= 0.3 is 5.97 Å². The van der Waals surface area contributed by atoms with Crippen LogP contribution in [0.15, 0.2) is 89.6 Å². The van der Waals surface area contributed by atoms with Gasteiger partial charge in [-0.3, -0.25) is 14.8 Å². The van der Waals surface area contributed by atoms with E-state index >= 15 is 0 Å². The second-order valence-electron chi connectivity index (χ2n) is 13.3. The van der Waals surface area contributed by atoms with E-state index in [4.69, 9.17) is 5.11 Å². The van der Waals surface area contributed by atoms with Crippen LogP contribution in [0.1, 0.15) is 48.8 Å². The van der Waals surface area contributed by atoms with Crippen LogP contribution in [0.4, 0.5) is 23.3 Å². The van der Waals surface area contributed by atoms with Gasteiger partial charge in [-0.05, 0) is 36.9 Å². The number of pyridine rings is 2. The van der Waals surface area contributed by atoms with Crippen molar-refractivity contribution in [2.24, 2.45) is 9.98 Å². The quantitative estimate of drug-likeness (QED) is 0.119. The van der Waals surface area contributed by atoms with E-state index in [1.807, 2.05) is 49.8 Å². The highest BCUT2D eigenvalue weighted by molar-refractivity contribution is 6.00. The predicted octanol–water partition coefficient (Wildman–Crippen LogP) is 4.96. The first-order chi connectivity index (χ1) is 27.3. The third kappa shape index (κ3) is 7.78. The van der Waals surface area contributed by atoms with Crippen molar-refractivity contribution in [2.75, 3.05) is 37.8 Å². The lowest BCUT2D eigenvalue weighted by molar-refractivity contribution is 0.0690. The minimum atomic E-state index is -1.05. The van der Waals surface area contributed by atoms with Crippen LogP contribution in [0.2, 0.25) is 0 Å². The van der Waals surface area contributed by atoms with Crippen LogP contribution in [-0.4, -0.2) is 106 Å². The summed E-state index contributed by atoms with van der Waals surface area (Å²) in [6.07, 6.45) is 10.1. The van der Waals surface area contributed by atoms with Crippen LogP contribution in [-0.2, 0) is 19.6 Å². The molecule has 0 aliphatic carbocycles. The van der Waals surface area contributed by atoms with Crippen LogP contribution in [0, 0.1) is 0 Å². The fraction of sp³-hybridized carbons (Fsp3) is 0.179. The summed E-state index contributed by atoms with van der Waals surface area (Å²) >= 11 is 0. The zero-order valence-electron chi connectivity index (χ0n) is 30.4. The van der Waals surface area contributed by atoms with Gasteiger partial charge in [-0.1, -0.05) is 30.3 Å². The number of amides is 1. The van der Waals surface area contributed by atoms with Crippen LogP contribution in [0.3, 0.4) is 0 Å². The maximum absolute atomic E-state index is 13.1. The molecule has 17 nitrogen and oxygen atoms in total. The first-order valence-electron chi connectivity index (χ1n) is 17.7. The van der Waals surface area contributed by atoms with Crippen molar-refractivity contribution in [2.45, 2.75) is 19.6 Å². The van der Waals surface area contributed by atoms with Crippen LogP contribution in [0.5, 0.6) is 0 Å². The Bertz CT molecular complexity index is 2640. The lowest BCUT2D eigenvalue weighted by Crippen LogP contribution is -2.34. The minimum Gasteiger partial charge on any atom is -0.477 e. The van der Waals surface area contributed by atoms with Crippen LogP contribution in [0.25, 0.3) is 22.1 Å². The zero-order chi connectivity index (χ0) is 38.6. The number of benzene rings is 1. The monoisotopic (exact) mass is 748 g/mol. The molecule has 280 valence electrons. The Balaban J connectivity index is 0.000000172. The number of anilines is 4. The first-order valence-corrected chi connectivity index (χ1v) is 17.7. The van der Waals surface area contributed by atoms with E-state index in [0.29, 0.717) is 65.3 Å². The normalized spacial score (nSPS) is 12.4. The molecular weight excluding hydrogens is 713 g/mol. The Morgan fingerprint density at radius 1 is 0.714 bits per heavy atom. The summed E-state index contributed by atoms with van der Waals surface area (Å²) in [6.45, 7) is 3.52. The minimum absolute atomic E-state index is 0.0626. The first kappa shape index (κ1) is 35.6. The van der Waals surface area contributed by atoms with Gasteiger partial charge in [-0.25, -0.2) is 34.7 Å². The maximum atomic E-state index is 13.1. The summed E-state index contributed by atoms with van der Waals surface area (Å²) in [4.78, 5) is 68.0. The summed E-state index contributed by atoms with van der Waals surface area (Å²) in [5.41, 5.74) is 7.08.